The Morgan fingerprint density at radius 1 is 1.52 bits per heavy atom. The maximum atomic E-state index is 12.0. The summed E-state index contributed by atoms with van der Waals surface area (Å²) in [6, 6.07) is 0. The number of carbonyl (C=O) groups is 1. The van der Waals surface area contributed by atoms with Crippen molar-refractivity contribution in [3.63, 3.8) is 0 Å². The van der Waals surface area contributed by atoms with E-state index >= 15 is 0 Å². The molecule has 2 heterocycles. The van der Waals surface area contributed by atoms with Gasteiger partial charge >= 0.3 is 0 Å². The molecule has 0 spiro atoms. The summed E-state index contributed by atoms with van der Waals surface area (Å²) >= 11 is 1.16. The molecule has 1 aliphatic rings. The van der Waals surface area contributed by atoms with Crippen LogP contribution in [0, 0.1) is 0 Å². The average molecular weight is 404 g/mol. The van der Waals surface area contributed by atoms with Gasteiger partial charge in [-0.15, -0.1) is 11.8 Å². The smallest absolute Gasteiger partial charge is 0.268 e. The Labute approximate surface area is 162 Å². The number of thioether (sulfide) groups is 1. The van der Waals surface area contributed by atoms with Crippen LogP contribution in [0.3, 0.4) is 0 Å². The Bertz CT molecular complexity index is 644. The molecular weight excluding hydrogens is 376 g/mol. The van der Waals surface area contributed by atoms with Crippen molar-refractivity contribution in [3.8, 4) is 0 Å². The minimum atomic E-state index is -0.694. The zero-order valence-electron chi connectivity index (χ0n) is 15.8. The van der Waals surface area contributed by atoms with Crippen LogP contribution < -0.4 is 16.2 Å². The van der Waals surface area contributed by atoms with Crippen molar-refractivity contribution in [2.75, 3.05) is 37.2 Å². The zero-order valence-corrected chi connectivity index (χ0v) is 16.6. The fraction of sp³-hybridized carbons (Fsp3) is 0.688. The van der Waals surface area contributed by atoms with E-state index in [9.17, 15) is 14.7 Å². The second-order valence-corrected chi connectivity index (χ2v) is 6.45. The monoisotopic (exact) mass is 404 g/mol. The molecule has 10 nitrogen and oxygen atoms in total. The molecule has 2 rings (SSSR count). The first-order valence-electron chi connectivity index (χ1n) is 8.55. The lowest BCUT2D eigenvalue weighted by Crippen LogP contribution is -2.37. The number of hydrogen-bond donors (Lipinski definition) is 4. The van der Waals surface area contributed by atoms with E-state index in [4.69, 9.17) is 20.3 Å². The highest BCUT2D eigenvalue weighted by Gasteiger charge is 2.40. The molecule has 1 fully saturated rings. The van der Waals surface area contributed by atoms with Crippen molar-refractivity contribution < 1.29 is 24.5 Å². The van der Waals surface area contributed by atoms with Gasteiger partial charge in [0.1, 0.15) is 17.2 Å². The molecule has 1 aromatic heterocycles. The van der Waals surface area contributed by atoms with Crippen LogP contribution in [0.5, 0.6) is 0 Å². The molecule has 154 valence electrons. The van der Waals surface area contributed by atoms with E-state index < -0.39 is 17.9 Å². The summed E-state index contributed by atoms with van der Waals surface area (Å²) in [6.07, 6.45) is 2.96. The number of rotatable bonds is 9. The first kappa shape index (κ1) is 23.4. The van der Waals surface area contributed by atoms with Gasteiger partial charge in [0, 0.05) is 20.1 Å². The van der Waals surface area contributed by atoms with Crippen molar-refractivity contribution >= 4 is 29.9 Å². The van der Waals surface area contributed by atoms with Crippen molar-refractivity contribution in [2.24, 2.45) is 0 Å². The van der Waals surface area contributed by atoms with Crippen LogP contribution in [-0.4, -0.2) is 71.6 Å². The third kappa shape index (κ3) is 5.91. The van der Waals surface area contributed by atoms with Gasteiger partial charge in [-0.05, 0) is 12.7 Å². The molecule has 1 amide bonds. The quantitative estimate of drug-likeness (QED) is 0.252. The number of unbranched alkanes of at least 4 members (excludes halogenated alkanes) is 1. The molecule has 3 atom stereocenters. The van der Waals surface area contributed by atoms with Crippen LogP contribution in [0.15, 0.2) is 9.69 Å². The van der Waals surface area contributed by atoms with Crippen LogP contribution in [0.25, 0.3) is 0 Å². The summed E-state index contributed by atoms with van der Waals surface area (Å²) in [7, 11) is 1.00. The van der Waals surface area contributed by atoms with Crippen LogP contribution in [0.2, 0.25) is 0 Å². The molecule has 0 aliphatic carbocycles. The predicted octanol–water partition coefficient (Wildman–Crippen LogP) is -0.0621. The van der Waals surface area contributed by atoms with Crippen LogP contribution in [-0.2, 0) is 14.3 Å². The highest BCUT2D eigenvalue weighted by Crippen LogP contribution is 2.31. The Morgan fingerprint density at radius 3 is 2.78 bits per heavy atom. The van der Waals surface area contributed by atoms with E-state index in [1.165, 1.54) is 4.90 Å². The number of amides is 1. The summed E-state index contributed by atoms with van der Waals surface area (Å²) in [5.41, 5.74) is 5.19. The molecule has 0 saturated carbocycles. The summed E-state index contributed by atoms with van der Waals surface area (Å²) in [6.45, 7) is 2.39. The van der Waals surface area contributed by atoms with Gasteiger partial charge in [0.25, 0.3) is 5.56 Å². The number of hydrogen-bond acceptors (Lipinski definition) is 9. The Hall–Kier alpha value is -1.66. The summed E-state index contributed by atoms with van der Waals surface area (Å²) in [4.78, 5) is 31.7. The lowest BCUT2D eigenvalue weighted by molar-refractivity contribution is -0.110. The topological polar surface area (TPSA) is 151 Å². The molecule has 0 aromatic carbocycles. The number of anilines is 2. The molecule has 5 N–H and O–H groups in total. The molecule has 0 bridgehead atoms. The van der Waals surface area contributed by atoms with Gasteiger partial charge in [-0.2, -0.15) is 4.98 Å². The number of nitrogens with one attached hydrogen (secondary N) is 1. The Morgan fingerprint density at radius 2 is 2.22 bits per heavy atom. The second kappa shape index (κ2) is 11.9. The first-order chi connectivity index (χ1) is 13.0. The molecule has 27 heavy (non-hydrogen) atoms. The van der Waals surface area contributed by atoms with Gasteiger partial charge in [0.05, 0.1) is 12.7 Å². The highest BCUT2D eigenvalue weighted by atomic mass is 32.2. The van der Waals surface area contributed by atoms with E-state index in [0.717, 1.165) is 31.7 Å². The molecule has 0 radical (unpaired) electrons. The number of aromatic nitrogens is 2. The van der Waals surface area contributed by atoms with Crippen LogP contribution in [0.1, 0.15) is 26.2 Å². The first-order valence-corrected chi connectivity index (χ1v) is 9.78. The van der Waals surface area contributed by atoms with Crippen LogP contribution >= 0.6 is 11.8 Å². The Balaban J connectivity index is 0.00000176. The lowest BCUT2D eigenvalue weighted by atomic mass is 10.2. The zero-order chi connectivity index (χ0) is 20.4. The maximum absolute atomic E-state index is 12.0. The number of aliphatic hydroxyl groups excluding tert-OH is 2. The molecule has 1 saturated heterocycles. The largest absolute Gasteiger partial charge is 0.400 e. The van der Waals surface area contributed by atoms with Gasteiger partial charge in [0.15, 0.2) is 5.82 Å². The molecule has 3 unspecified atom stereocenters. The summed E-state index contributed by atoms with van der Waals surface area (Å²) in [5.74, 6) is 0.0525. The lowest BCUT2D eigenvalue weighted by Gasteiger charge is -2.24. The number of nitrogens with zero attached hydrogens (tertiary/aromatic N) is 2. The summed E-state index contributed by atoms with van der Waals surface area (Å²) < 4.78 is 11.5. The highest BCUT2D eigenvalue weighted by molar-refractivity contribution is 7.98. The third-order valence-electron chi connectivity index (χ3n) is 3.94. The molecular formula is C16H28N4O6S. The number of nitrogen functional groups attached to an aromatic ring is 1. The van der Waals surface area contributed by atoms with E-state index in [2.05, 4.69) is 16.9 Å². The van der Waals surface area contributed by atoms with E-state index in [1.54, 1.807) is 6.26 Å². The van der Waals surface area contributed by atoms with Gasteiger partial charge in [0.2, 0.25) is 12.4 Å². The molecule has 11 heteroatoms. The Kier molecular flexibility index (Phi) is 10.3. The minimum Gasteiger partial charge on any atom is -0.400 e. The van der Waals surface area contributed by atoms with Gasteiger partial charge < -0.3 is 25.4 Å². The number of H-pyrrole nitrogens is 1. The predicted molar refractivity (Wildman–Crippen MR) is 103 cm³/mol. The maximum Gasteiger partial charge on any atom is 0.268 e. The van der Waals surface area contributed by atoms with Crippen molar-refractivity contribution in [1.29, 1.82) is 0 Å². The standard InChI is InChI=1S/C15H24N4O5S.CH4O/c1-3-4-5-23-9-6-11(24-10(9)7-20)19(8-21)13-12(25-2)14(22)18-15(16)17-13;1-2/h8-11,20H,3-7H2,1-2H3,(H3,16,17,18,22);2H,1H3. The number of aliphatic hydroxyl groups is 2. The van der Waals surface area contributed by atoms with Crippen LogP contribution in [0.4, 0.5) is 11.8 Å². The fourth-order valence-electron chi connectivity index (χ4n) is 2.67. The second-order valence-electron chi connectivity index (χ2n) is 5.63. The fourth-order valence-corrected chi connectivity index (χ4v) is 3.24. The SMILES string of the molecule is CCCCOC1CC(N(C=O)c2nc(N)[nH]c(=O)c2SC)OC1CO.CO. The third-order valence-corrected chi connectivity index (χ3v) is 4.72. The minimum absolute atomic E-state index is 0.0860. The van der Waals surface area contributed by atoms with Gasteiger partial charge in [-0.3, -0.25) is 19.5 Å². The van der Waals surface area contributed by atoms with Crippen molar-refractivity contribution in [1.82, 2.24) is 9.97 Å². The molecule has 1 aliphatic heterocycles. The average Bonchev–Trinajstić information content (AvgIpc) is 3.07. The summed E-state index contributed by atoms with van der Waals surface area (Å²) in [5, 5.41) is 16.5. The number of nitrogens with two attached hydrogens (primary N) is 1. The number of ether oxygens (including phenoxy) is 2. The van der Waals surface area contributed by atoms with Crippen molar-refractivity contribution in [3.05, 3.63) is 10.4 Å². The normalized spacial score (nSPS) is 21.4. The number of carbonyl (C=O) groups excluding carboxylic acids is 1. The van der Waals surface area contributed by atoms with E-state index in [0.29, 0.717) is 19.4 Å². The number of aromatic amines is 1. The van der Waals surface area contributed by atoms with Gasteiger partial charge in [-0.25, -0.2) is 0 Å². The van der Waals surface area contributed by atoms with Gasteiger partial charge in [-0.1, -0.05) is 13.3 Å². The molecule has 1 aromatic rings. The van der Waals surface area contributed by atoms with E-state index in [-0.39, 0.29) is 29.4 Å². The van der Waals surface area contributed by atoms with Crippen molar-refractivity contribution in [2.45, 2.75) is 49.5 Å². The van der Waals surface area contributed by atoms with E-state index in [1.807, 2.05) is 0 Å².